The number of carbonyl (C=O) groups is 3. The number of esters is 1. The molecule has 0 aromatic heterocycles. The van der Waals surface area contributed by atoms with Crippen molar-refractivity contribution in [3.8, 4) is 5.75 Å². The van der Waals surface area contributed by atoms with Crippen LogP contribution in [0.3, 0.4) is 0 Å². The molecular weight excluding hydrogens is 426 g/mol. The minimum atomic E-state index is -0.516. The predicted molar refractivity (Wildman–Crippen MR) is 101 cm³/mol. The van der Waals surface area contributed by atoms with Crippen LogP contribution in [0, 0.1) is 0 Å². The smallest absolute Gasteiger partial charge is 0.343 e. The topological polar surface area (TPSA) is 82.1 Å². The molecule has 1 aliphatic heterocycles. The molecule has 7 nitrogen and oxygen atoms in total. The summed E-state index contributed by atoms with van der Waals surface area (Å²) in [6, 6.07) is 5.16. The lowest BCUT2D eigenvalue weighted by Gasteiger charge is -2.11. The summed E-state index contributed by atoms with van der Waals surface area (Å²) in [7, 11) is 2.84. The van der Waals surface area contributed by atoms with Crippen molar-refractivity contribution in [1.82, 2.24) is 4.90 Å². The van der Waals surface area contributed by atoms with E-state index in [0.717, 1.165) is 16.2 Å². The minimum absolute atomic E-state index is 0.253. The molecule has 0 unspecified atom stereocenters. The fraction of sp³-hybridized carbons (Fsp3) is 0.353. The van der Waals surface area contributed by atoms with Crippen molar-refractivity contribution in [2.24, 2.45) is 0 Å². The average molecular weight is 444 g/mol. The summed E-state index contributed by atoms with van der Waals surface area (Å²) in [4.78, 5) is 37.3. The zero-order chi connectivity index (χ0) is 19.1. The van der Waals surface area contributed by atoms with E-state index in [1.165, 1.54) is 12.0 Å². The quantitative estimate of drug-likeness (QED) is 0.346. The Bertz CT molecular complexity index is 736. The van der Waals surface area contributed by atoms with E-state index in [9.17, 15) is 14.4 Å². The van der Waals surface area contributed by atoms with Gasteiger partial charge in [-0.2, -0.15) is 0 Å². The van der Waals surface area contributed by atoms with Crippen LogP contribution in [0.4, 0.5) is 4.79 Å². The zero-order valence-electron chi connectivity index (χ0n) is 14.3. The molecule has 1 aromatic carbocycles. The van der Waals surface area contributed by atoms with Gasteiger partial charge in [0.25, 0.3) is 11.1 Å². The summed E-state index contributed by atoms with van der Waals surface area (Å²) in [6.07, 6.45) is 2.16. The summed E-state index contributed by atoms with van der Waals surface area (Å²) in [5, 5.41) is -0.315. The highest BCUT2D eigenvalue weighted by molar-refractivity contribution is 9.10. The third kappa shape index (κ3) is 5.33. The van der Waals surface area contributed by atoms with Crippen molar-refractivity contribution in [3.63, 3.8) is 0 Å². The number of methoxy groups -OCH3 is 2. The van der Waals surface area contributed by atoms with E-state index in [4.69, 9.17) is 9.47 Å². The van der Waals surface area contributed by atoms with Crippen LogP contribution in [0.5, 0.6) is 5.75 Å². The van der Waals surface area contributed by atoms with Gasteiger partial charge in [-0.05, 0) is 42.5 Å². The first-order chi connectivity index (χ1) is 12.5. The molecule has 0 N–H and O–H groups in total. The third-order valence-electron chi connectivity index (χ3n) is 3.44. The highest BCUT2D eigenvalue weighted by atomic mass is 79.9. The first kappa shape index (κ1) is 20.5. The van der Waals surface area contributed by atoms with Gasteiger partial charge in [0.2, 0.25) is 0 Å². The molecule has 0 aliphatic carbocycles. The Kier molecular flexibility index (Phi) is 7.67. The van der Waals surface area contributed by atoms with Crippen molar-refractivity contribution in [1.29, 1.82) is 0 Å². The Balaban J connectivity index is 2.20. The predicted octanol–water partition coefficient (Wildman–Crippen LogP) is 3.07. The lowest BCUT2D eigenvalue weighted by molar-refractivity contribution is -0.142. The molecule has 1 saturated heterocycles. The summed E-state index contributed by atoms with van der Waals surface area (Å²) < 4.78 is 15.7. The van der Waals surface area contributed by atoms with E-state index in [0.29, 0.717) is 35.8 Å². The van der Waals surface area contributed by atoms with Gasteiger partial charge >= 0.3 is 5.97 Å². The van der Waals surface area contributed by atoms with Crippen LogP contribution in [-0.4, -0.2) is 56.0 Å². The SMILES string of the molecule is COCCCN1C(=O)S/C(=C/c2cc(Br)ccc2OCC(=O)OC)C1=O. The second kappa shape index (κ2) is 9.75. The second-order valence-corrected chi connectivity index (χ2v) is 7.14. The molecule has 0 radical (unpaired) electrons. The van der Waals surface area contributed by atoms with Crippen molar-refractivity contribution in [2.45, 2.75) is 6.42 Å². The molecular formula is C17H18BrNO6S. The maximum Gasteiger partial charge on any atom is 0.343 e. The van der Waals surface area contributed by atoms with Crippen LogP contribution in [-0.2, 0) is 19.1 Å². The van der Waals surface area contributed by atoms with E-state index >= 15 is 0 Å². The van der Waals surface area contributed by atoms with E-state index in [2.05, 4.69) is 20.7 Å². The Hall–Kier alpha value is -1.84. The average Bonchev–Trinajstić information content (AvgIpc) is 2.88. The lowest BCUT2D eigenvalue weighted by Crippen LogP contribution is -2.29. The molecule has 1 fully saturated rings. The lowest BCUT2D eigenvalue weighted by atomic mass is 10.2. The molecule has 1 aliphatic rings. The molecule has 26 heavy (non-hydrogen) atoms. The van der Waals surface area contributed by atoms with Gasteiger partial charge in [-0.1, -0.05) is 15.9 Å². The van der Waals surface area contributed by atoms with Crippen molar-refractivity contribution in [2.75, 3.05) is 34.0 Å². The van der Waals surface area contributed by atoms with Crippen LogP contribution < -0.4 is 4.74 Å². The summed E-state index contributed by atoms with van der Waals surface area (Å²) >= 11 is 4.23. The number of imide groups is 1. The maximum absolute atomic E-state index is 12.5. The molecule has 2 rings (SSSR count). The van der Waals surface area contributed by atoms with Gasteiger partial charge in [-0.3, -0.25) is 14.5 Å². The summed E-state index contributed by atoms with van der Waals surface area (Å²) in [5.41, 5.74) is 0.575. The molecule has 140 valence electrons. The Morgan fingerprint density at radius 1 is 1.31 bits per heavy atom. The van der Waals surface area contributed by atoms with Crippen LogP contribution in [0.2, 0.25) is 0 Å². The first-order valence-corrected chi connectivity index (χ1v) is 9.30. The molecule has 0 spiro atoms. The number of amides is 2. The number of halogens is 1. The van der Waals surface area contributed by atoms with Gasteiger partial charge in [-0.25, -0.2) is 4.79 Å². The molecule has 0 saturated carbocycles. The Labute approximate surface area is 163 Å². The standard InChI is InChI=1S/C17H18BrNO6S/c1-23-7-3-6-19-16(21)14(26-17(19)22)9-11-8-12(18)4-5-13(11)25-10-15(20)24-2/h4-5,8-9H,3,6-7,10H2,1-2H3/b14-9+. The fourth-order valence-corrected chi connectivity index (χ4v) is 3.39. The van der Waals surface area contributed by atoms with Gasteiger partial charge in [0.1, 0.15) is 5.75 Å². The minimum Gasteiger partial charge on any atom is -0.481 e. The number of benzene rings is 1. The van der Waals surface area contributed by atoms with Gasteiger partial charge in [0.05, 0.1) is 12.0 Å². The van der Waals surface area contributed by atoms with Gasteiger partial charge in [0.15, 0.2) is 6.61 Å². The number of hydrogen-bond acceptors (Lipinski definition) is 7. The van der Waals surface area contributed by atoms with E-state index in [1.54, 1.807) is 31.4 Å². The number of hydrogen-bond donors (Lipinski definition) is 0. The molecule has 9 heteroatoms. The fourth-order valence-electron chi connectivity index (χ4n) is 2.16. The summed E-state index contributed by atoms with van der Waals surface area (Å²) in [5.74, 6) is -0.461. The highest BCUT2D eigenvalue weighted by Crippen LogP contribution is 2.34. The van der Waals surface area contributed by atoms with E-state index in [1.807, 2.05) is 0 Å². The van der Waals surface area contributed by atoms with Crippen LogP contribution >= 0.6 is 27.7 Å². The highest BCUT2D eigenvalue weighted by Gasteiger charge is 2.34. The Morgan fingerprint density at radius 2 is 2.08 bits per heavy atom. The number of thioether (sulfide) groups is 1. The normalized spacial score (nSPS) is 15.7. The number of rotatable bonds is 8. The largest absolute Gasteiger partial charge is 0.481 e. The van der Waals surface area contributed by atoms with Crippen molar-refractivity contribution < 1.29 is 28.6 Å². The number of carbonyl (C=O) groups excluding carboxylic acids is 3. The van der Waals surface area contributed by atoms with Crippen molar-refractivity contribution in [3.05, 3.63) is 33.1 Å². The van der Waals surface area contributed by atoms with E-state index in [-0.39, 0.29) is 17.8 Å². The second-order valence-electron chi connectivity index (χ2n) is 5.23. The monoisotopic (exact) mass is 443 g/mol. The number of nitrogens with zero attached hydrogens (tertiary/aromatic N) is 1. The third-order valence-corrected chi connectivity index (χ3v) is 4.84. The maximum atomic E-state index is 12.5. The van der Waals surface area contributed by atoms with Gasteiger partial charge in [-0.15, -0.1) is 0 Å². The molecule has 0 bridgehead atoms. The molecule has 0 atom stereocenters. The zero-order valence-corrected chi connectivity index (χ0v) is 16.7. The molecule has 1 heterocycles. The summed E-state index contributed by atoms with van der Waals surface area (Å²) in [6.45, 7) is 0.523. The van der Waals surface area contributed by atoms with Gasteiger partial charge in [0, 0.05) is 30.3 Å². The van der Waals surface area contributed by atoms with Crippen LogP contribution in [0.25, 0.3) is 6.08 Å². The molecule has 1 aromatic rings. The Morgan fingerprint density at radius 3 is 2.77 bits per heavy atom. The van der Waals surface area contributed by atoms with Gasteiger partial charge < -0.3 is 14.2 Å². The van der Waals surface area contributed by atoms with E-state index < -0.39 is 5.97 Å². The first-order valence-electron chi connectivity index (χ1n) is 7.69. The number of ether oxygens (including phenoxy) is 3. The van der Waals surface area contributed by atoms with Crippen LogP contribution in [0.15, 0.2) is 27.6 Å². The van der Waals surface area contributed by atoms with Crippen molar-refractivity contribution >= 4 is 50.9 Å². The van der Waals surface area contributed by atoms with Crippen LogP contribution in [0.1, 0.15) is 12.0 Å². The molecule has 2 amide bonds.